The summed E-state index contributed by atoms with van der Waals surface area (Å²) in [6.07, 6.45) is 1.98. The maximum absolute atomic E-state index is 11.6. The number of hydrogen-bond donors (Lipinski definition) is 2. The number of anilines is 1. The molecule has 7 heteroatoms. The fraction of sp³-hybridized carbons (Fsp3) is 0.435. The Hall–Kier alpha value is -2.54. The van der Waals surface area contributed by atoms with Crippen LogP contribution in [0.2, 0.25) is 0 Å². The molecule has 0 radical (unpaired) electrons. The standard InChI is InChI=1S/C23H34N4O2S/c1-5-24-23(25-15-14-20-10-12-22(13-11-20)30(4,28)29)26-16-17-27(6-2)21-9-7-8-19(3)18-21/h7-13,18H,5-6,14-17H2,1-4H3,(H2,24,25,26). The van der Waals surface area contributed by atoms with Gasteiger partial charge < -0.3 is 15.5 Å². The van der Waals surface area contributed by atoms with E-state index in [-0.39, 0.29) is 0 Å². The fourth-order valence-corrected chi connectivity index (χ4v) is 3.78. The minimum absolute atomic E-state index is 0.346. The lowest BCUT2D eigenvalue weighted by Gasteiger charge is -2.24. The zero-order chi connectivity index (χ0) is 22.0. The van der Waals surface area contributed by atoms with Gasteiger partial charge in [0, 0.05) is 44.7 Å². The molecule has 0 amide bonds. The van der Waals surface area contributed by atoms with Crippen molar-refractivity contribution in [2.45, 2.75) is 32.1 Å². The molecule has 2 N–H and O–H groups in total. The summed E-state index contributed by atoms with van der Waals surface area (Å²) in [5, 5.41) is 6.68. The van der Waals surface area contributed by atoms with E-state index in [1.807, 2.05) is 19.1 Å². The summed E-state index contributed by atoms with van der Waals surface area (Å²) in [5.74, 6) is 0.797. The number of rotatable bonds is 10. The van der Waals surface area contributed by atoms with E-state index in [4.69, 9.17) is 0 Å². The number of aliphatic imine (C=N–C) groups is 1. The lowest BCUT2D eigenvalue weighted by atomic mass is 10.1. The molecule has 0 aliphatic heterocycles. The van der Waals surface area contributed by atoms with Gasteiger partial charge in [-0.05, 0) is 62.6 Å². The summed E-state index contributed by atoms with van der Waals surface area (Å²) in [4.78, 5) is 7.33. The highest BCUT2D eigenvalue weighted by molar-refractivity contribution is 7.90. The molecule has 30 heavy (non-hydrogen) atoms. The van der Waals surface area contributed by atoms with Crippen molar-refractivity contribution in [1.29, 1.82) is 0 Å². The Morgan fingerprint density at radius 2 is 1.80 bits per heavy atom. The molecule has 0 aliphatic rings. The van der Waals surface area contributed by atoms with Crippen molar-refractivity contribution in [1.82, 2.24) is 10.6 Å². The Morgan fingerprint density at radius 1 is 1.07 bits per heavy atom. The van der Waals surface area contributed by atoms with E-state index in [1.165, 1.54) is 17.5 Å². The number of nitrogens with zero attached hydrogens (tertiary/aromatic N) is 2. The summed E-state index contributed by atoms with van der Waals surface area (Å²) in [5.41, 5.74) is 3.57. The van der Waals surface area contributed by atoms with E-state index in [0.29, 0.717) is 11.4 Å². The average Bonchev–Trinajstić information content (AvgIpc) is 2.71. The predicted octanol–water partition coefficient (Wildman–Crippen LogP) is 3.02. The van der Waals surface area contributed by atoms with Crippen LogP contribution < -0.4 is 15.5 Å². The van der Waals surface area contributed by atoms with Crippen LogP contribution >= 0.6 is 0 Å². The van der Waals surface area contributed by atoms with Gasteiger partial charge in [-0.1, -0.05) is 24.3 Å². The highest BCUT2D eigenvalue weighted by atomic mass is 32.2. The molecular formula is C23H34N4O2S. The third-order valence-corrected chi connectivity index (χ3v) is 5.92. The van der Waals surface area contributed by atoms with Crippen molar-refractivity contribution in [3.05, 3.63) is 59.7 Å². The third-order valence-electron chi connectivity index (χ3n) is 4.79. The van der Waals surface area contributed by atoms with Gasteiger partial charge in [-0.15, -0.1) is 0 Å². The van der Waals surface area contributed by atoms with Crippen LogP contribution in [-0.4, -0.2) is 53.4 Å². The first-order chi connectivity index (χ1) is 14.3. The molecular weight excluding hydrogens is 396 g/mol. The third kappa shape index (κ3) is 7.71. The van der Waals surface area contributed by atoms with Crippen LogP contribution in [0.4, 0.5) is 5.69 Å². The highest BCUT2D eigenvalue weighted by Gasteiger charge is 2.07. The van der Waals surface area contributed by atoms with Gasteiger partial charge in [0.2, 0.25) is 0 Å². The van der Waals surface area contributed by atoms with Crippen LogP contribution in [-0.2, 0) is 16.3 Å². The van der Waals surface area contributed by atoms with E-state index in [1.54, 1.807) is 12.1 Å². The minimum Gasteiger partial charge on any atom is -0.370 e. The number of likely N-dealkylation sites (N-methyl/N-ethyl adjacent to an activating group) is 1. The predicted molar refractivity (Wildman–Crippen MR) is 126 cm³/mol. The minimum atomic E-state index is -3.15. The maximum Gasteiger partial charge on any atom is 0.191 e. The molecule has 0 saturated carbocycles. The number of guanidine groups is 1. The van der Waals surface area contributed by atoms with Gasteiger partial charge in [-0.25, -0.2) is 8.42 Å². The van der Waals surface area contributed by atoms with Crippen LogP contribution in [0.3, 0.4) is 0 Å². The molecule has 0 heterocycles. The number of sulfone groups is 1. The molecule has 0 unspecified atom stereocenters. The SMILES string of the molecule is CCNC(=NCCc1ccc(S(C)(=O)=O)cc1)NCCN(CC)c1cccc(C)c1. The number of nitrogens with one attached hydrogen (secondary N) is 2. The highest BCUT2D eigenvalue weighted by Crippen LogP contribution is 2.15. The second-order valence-electron chi connectivity index (χ2n) is 7.27. The summed E-state index contributed by atoms with van der Waals surface area (Å²) >= 11 is 0. The summed E-state index contributed by atoms with van der Waals surface area (Å²) in [6.45, 7) is 10.4. The molecule has 0 aromatic heterocycles. The molecule has 0 atom stereocenters. The second kappa shape index (κ2) is 11.6. The van der Waals surface area contributed by atoms with Crippen molar-refractivity contribution in [2.24, 2.45) is 4.99 Å². The van der Waals surface area contributed by atoms with E-state index < -0.39 is 9.84 Å². The first-order valence-electron chi connectivity index (χ1n) is 10.5. The molecule has 2 rings (SSSR count). The second-order valence-corrected chi connectivity index (χ2v) is 9.29. The monoisotopic (exact) mass is 430 g/mol. The van der Waals surface area contributed by atoms with Crippen LogP contribution in [0, 0.1) is 6.92 Å². The fourth-order valence-electron chi connectivity index (χ4n) is 3.15. The number of aryl methyl sites for hydroxylation is 1. The largest absolute Gasteiger partial charge is 0.370 e. The van der Waals surface area contributed by atoms with Crippen molar-refractivity contribution in [3.8, 4) is 0 Å². The Labute approximate surface area is 181 Å². The van der Waals surface area contributed by atoms with Crippen molar-refractivity contribution < 1.29 is 8.42 Å². The maximum atomic E-state index is 11.6. The van der Waals surface area contributed by atoms with Gasteiger partial charge in [0.05, 0.1) is 4.90 Å². The Balaban J connectivity index is 1.87. The van der Waals surface area contributed by atoms with E-state index >= 15 is 0 Å². The number of benzene rings is 2. The summed E-state index contributed by atoms with van der Waals surface area (Å²) in [6, 6.07) is 15.6. The Morgan fingerprint density at radius 3 is 2.40 bits per heavy atom. The average molecular weight is 431 g/mol. The zero-order valence-corrected chi connectivity index (χ0v) is 19.3. The lowest BCUT2D eigenvalue weighted by molar-refractivity contribution is 0.602. The van der Waals surface area contributed by atoms with E-state index in [0.717, 1.165) is 44.1 Å². The smallest absolute Gasteiger partial charge is 0.191 e. The van der Waals surface area contributed by atoms with Gasteiger partial charge >= 0.3 is 0 Å². The molecule has 0 saturated heterocycles. The van der Waals surface area contributed by atoms with Crippen molar-refractivity contribution in [2.75, 3.05) is 43.9 Å². The quantitative estimate of drug-likeness (QED) is 0.448. The Kier molecular flexibility index (Phi) is 9.17. The zero-order valence-electron chi connectivity index (χ0n) is 18.5. The first kappa shape index (κ1) is 23.7. The molecule has 164 valence electrons. The van der Waals surface area contributed by atoms with Crippen molar-refractivity contribution in [3.63, 3.8) is 0 Å². The molecule has 6 nitrogen and oxygen atoms in total. The van der Waals surface area contributed by atoms with Crippen LogP contribution in [0.1, 0.15) is 25.0 Å². The van der Waals surface area contributed by atoms with Gasteiger partial charge in [0.25, 0.3) is 0 Å². The number of hydrogen-bond acceptors (Lipinski definition) is 4. The van der Waals surface area contributed by atoms with Gasteiger partial charge in [0.1, 0.15) is 0 Å². The molecule has 0 spiro atoms. The van der Waals surface area contributed by atoms with Gasteiger partial charge in [-0.3, -0.25) is 4.99 Å². The van der Waals surface area contributed by atoms with Gasteiger partial charge in [-0.2, -0.15) is 0 Å². The normalized spacial score (nSPS) is 11.9. The van der Waals surface area contributed by atoms with Crippen LogP contribution in [0.5, 0.6) is 0 Å². The van der Waals surface area contributed by atoms with Crippen molar-refractivity contribution >= 4 is 21.5 Å². The molecule has 0 aliphatic carbocycles. The van der Waals surface area contributed by atoms with Crippen LogP contribution in [0.15, 0.2) is 58.4 Å². The molecule has 0 fully saturated rings. The topological polar surface area (TPSA) is 73.8 Å². The van der Waals surface area contributed by atoms with Crippen LogP contribution in [0.25, 0.3) is 0 Å². The van der Waals surface area contributed by atoms with E-state index in [9.17, 15) is 8.42 Å². The first-order valence-corrected chi connectivity index (χ1v) is 12.4. The summed E-state index contributed by atoms with van der Waals surface area (Å²) in [7, 11) is -3.15. The molecule has 2 aromatic rings. The lowest BCUT2D eigenvalue weighted by Crippen LogP contribution is -2.41. The Bertz CT molecular complexity index is 924. The summed E-state index contributed by atoms with van der Waals surface area (Å²) < 4.78 is 23.1. The van der Waals surface area contributed by atoms with Gasteiger partial charge in [0.15, 0.2) is 15.8 Å². The molecule has 0 bridgehead atoms. The van der Waals surface area contributed by atoms with E-state index in [2.05, 4.69) is 58.6 Å². The molecule has 2 aromatic carbocycles.